The molecule has 0 saturated heterocycles. The molecule has 0 aromatic heterocycles. The third kappa shape index (κ3) is 2.81. The number of carbonyl (C=O) groups excluding carboxylic acids is 3. The average Bonchev–Trinajstić information content (AvgIpc) is 2.86. The van der Waals surface area contributed by atoms with E-state index in [2.05, 4.69) is 5.32 Å². The van der Waals surface area contributed by atoms with Crippen LogP contribution in [0.3, 0.4) is 0 Å². The Morgan fingerprint density at radius 2 is 1.81 bits per heavy atom. The second kappa shape index (κ2) is 6.40. The van der Waals surface area contributed by atoms with Gasteiger partial charge in [0, 0.05) is 18.2 Å². The predicted molar refractivity (Wildman–Crippen MR) is 93.3 cm³/mol. The summed E-state index contributed by atoms with van der Waals surface area (Å²) in [6.07, 6.45) is 0. The van der Waals surface area contributed by atoms with E-state index in [1.165, 1.54) is 30.3 Å². The molecule has 0 radical (unpaired) electrons. The van der Waals surface area contributed by atoms with Crippen LogP contribution in [0.25, 0.3) is 0 Å². The lowest BCUT2D eigenvalue weighted by Crippen LogP contribution is -2.29. The second-order valence-electron chi connectivity index (χ2n) is 5.85. The molecule has 0 aliphatic carbocycles. The highest BCUT2D eigenvalue weighted by atomic mass is 16.6. The zero-order chi connectivity index (χ0) is 19.0. The van der Waals surface area contributed by atoms with E-state index in [1.807, 2.05) is 0 Å². The molecule has 0 spiro atoms. The first-order valence-corrected chi connectivity index (χ1v) is 7.90. The molecular weight excluding hydrogens is 338 g/mol. The van der Waals surface area contributed by atoms with E-state index in [0.29, 0.717) is 5.56 Å². The van der Waals surface area contributed by atoms with Crippen LogP contribution < -0.4 is 5.32 Å². The van der Waals surface area contributed by atoms with Crippen molar-refractivity contribution in [1.82, 2.24) is 4.90 Å². The van der Waals surface area contributed by atoms with Gasteiger partial charge in [-0.15, -0.1) is 0 Å². The highest BCUT2D eigenvalue weighted by Gasteiger charge is 2.34. The van der Waals surface area contributed by atoms with E-state index in [1.54, 1.807) is 19.9 Å². The number of amides is 3. The lowest BCUT2D eigenvalue weighted by Gasteiger charge is -2.08. The van der Waals surface area contributed by atoms with E-state index >= 15 is 0 Å². The van der Waals surface area contributed by atoms with Crippen molar-refractivity contribution in [2.24, 2.45) is 0 Å². The average molecular weight is 353 g/mol. The number of nitro benzene ring substituents is 1. The fraction of sp³-hybridized carbons (Fsp3) is 0.167. The zero-order valence-corrected chi connectivity index (χ0v) is 14.1. The van der Waals surface area contributed by atoms with Gasteiger partial charge < -0.3 is 5.32 Å². The van der Waals surface area contributed by atoms with Gasteiger partial charge in [0.15, 0.2) is 0 Å². The number of aryl methyl sites for hydroxylation is 1. The molecule has 0 atom stereocenters. The maximum Gasteiger partial charge on any atom is 0.293 e. The summed E-state index contributed by atoms with van der Waals surface area (Å²) in [4.78, 5) is 48.5. The van der Waals surface area contributed by atoms with Crippen molar-refractivity contribution >= 4 is 29.1 Å². The molecule has 26 heavy (non-hydrogen) atoms. The van der Waals surface area contributed by atoms with E-state index < -0.39 is 22.6 Å². The summed E-state index contributed by atoms with van der Waals surface area (Å²) >= 11 is 0. The molecule has 0 fully saturated rings. The molecule has 2 aromatic carbocycles. The van der Waals surface area contributed by atoms with Gasteiger partial charge in [0.25, 0.3) is 23.4 Å². The van der Waals surface area contributed by atoms with E-state index in [4.69, 9.17) is 0 Å². The molecular formula is C18H15N3O5. The van der Waals surface area contributed by atoms with Crippen molar-refractivity contribution in [3.8, 4) is 0 Å². The smallest absolute Gasteiger partial charge is 0.293 e. The van der Waals surface area contributed by atoms with Crippen molar-refractivity contribution < 1.29 is 19.3 Å². The first-order chi connectivity index (χ1) is 12.3. The molecule has 0 unspecified atom stereocenters. The summed E-state index contributed by atoms with van der Waals surface area (Å²) in [6, 6.07) is 8.63. The monoisotopic (exact) mass is 353 g/mol. The highest BCUT2D eigenvalue weighted by Crippen LogP contribution is 2.27. The number of rotatable bonds is 4. The van der Waals surface area contributed by atoms with Crippen molar-refractivity contribution in [3.63, 3.8) is 0 Å². The highest BCUT2D eigenvalue weighted by molar-refractivity contribution is 6.22. The Labute approximate surface area is 148 Å². The second-order valence-corrected chi connectivity index (χ2v) is 5.85. The lowest BCUT2D eigenvalue weighted by molar-refractivity contribution is -0.384. The maximum atomic E-state index is 12.5. The van der Waals surface area contributed by atoms with Crippen molar-refractivity contribution in [2.45, 2.75) is 13.8 Å². The fourth-order valence-corrected chi connectivity index (χ4v) is 2.81. The topological polar surface area (TPSA) is 110 Å². The molecule has 1 N–H and O–H groups in total. The molecule has 3 rings (SSSR count). The molecule has 1 aliphatic heterocycles. The van der Waals surface area contributed by atoms with Gasteiger partial charge >= 0.3 is 0 Å². The maximum absolute atomic E-state index is 12.5. The van der Waals surface area contributed by atoms with E-state index in [0.717, 1.165) is 4.90 Å². The number of fused-ring (bicyclic) bond motifs is 1. The summed E-state index contributed by atoms with van der Waals surface area (Å²) in [5.41, 5.74) is 1.07. The van der Waals surface area contributed by atoms with Gasteiger partial charge in [-0.3, -0.25) is 29.4 Å². The summed E-state index contributed by atoms with van der Waals surface area (Å²) in [5.74, 6) is -1.45. The number of benzene rings is 2. The Morgan fingerprint density at radius 1 is 1.12 bits per heavy atom. The molecule has 8 heteroatoms. The third-order valence-electron chi connectivity index (χ3n) is 4.15. The van der Waals surface area contributed by atoms with Crippen molar-refractivity contribution in [2.75, 3.05) is 11.9 Å². The summed E-state index contributed by atoms with van der Waals surface area (Å²) in [6.45, 7) is 3.64. The van der Waals surface area contributed by atoms with Crippen LogP contribution in [-0.2, 0) is 0 Å². The predicted octanol–water partition coefficient (Wildman–Crippen LogP) is 2.77. The quantitative estimate of drug-likeness (QED) is 0.516. The molecule has 2 aromatic rings. The van der Waals surface area contributed by atoms with Crippen LogP contribution in [0.1, 0.15) is 43.6 Å². The van der Waals surface area contributed by atoms with Gasteiger partial charge in [-0.25, -0.2) is 0 Å². The third-order valence-corrected chi connectivity index (χ3v) is 4.15. The lowest BCUT2D eigenvalue weighted by atomic mass is 10.1. The van der Waals surface area contributed by atoms with Crippen LogP contribution in [0.2, 0.25) is 0 Å². The zero-order valence-electron chi connectivity index (χ0n) is 14.1. The molecule has 1 heterocycles. The number of anilines is 1. The van der Waals surface area contributed by atoms with Crippen LogP contribution >= 0.6 is 0 Å². The minimum Gasteiger partial charge on any atom is -0.316 e. The molecule has 3 amide bonds. The largest absolute Gasteiger partial charge is 0.316 e. The Morgan fingerprint density at radius 3 is 2.46 bits per heavy atom. The SMILES string of the molecule is CCN1C(=O)c2ccc(C(=O)Nc3ccc(C)cc3[N+](=O)[O-])cc2C1=O. The standard InChI is InChI=1S/C18H15N3O5/c1-3-20-17(23)12-6-5-11(9-13(12)18(20)24)16(22)19-14-7-4-10(2)8-15(14)21(25)26/h4-9H,3H2,1-2H3,(H,19,22). The normalized spacial score (nSPS) is 12.9. The summed E-state index contributed by atoms with van der Waals surface area (Å²) < 4.78 is 0. The Balaban J connectivity index is 1.92. The van der Waals surface area contributed by atoms with Crippen LogP contribution in [0.15, 0.2) is 36.4 Å². The molecule has 0 saturated carbocycles. The number of nitrogens with one attached hydrogen (secondary N) is 1. The minimum absolute atomic E-state index is 0.0590. The Kier molecular flexibility index (Phi) is 4.25. The van der Waals surface area contributed by atoms with Crippen molar-refractivity contribution in [3.05, 3.63) is 68.8 Å². The first-order valence-electron chi connectivity index (χ1n) is 7.90. The summed E-state index contributed by atoms with van der Waals surface area (Å²) in [5, 5.41) is 13.6. The first kappa shape index (κ1) is 17.3. The summed E-state index contributed by atoms with van der Waals surface area (Å²) in [7, 11) is 0. The molecule has 1 aliphatic rings. The van der Waals surface area contributed by atoms with Crippen LogP contribution in [0.4, 0.5) is 11.4 Å². The molecule has 0 bridgehead atoms. The van der Waals surface area contributed by atoms with Crippen LogP contribution in [0, 0.1) is 17.0 Å². The number of nitro groups is 1. The number of hydrogen-bond donors (Lipinski definition) is 1. The van der Waals surface area contributed by atoms with Gasteiger partial charge in [-0.2, -0.15) is 0 Å². The molecule has 8 nitrogen and oxygen atoms in total. The van der Waals surface area contributed by atoms with Gasteiger partial charge in [-0.1, -0.05) is 6.07 Å². The number of imide groups is 1. The number of hydrogen-bond acceptors (Lipinski definition) is 5. The van der Waals surface area contributed by atoms with Crippen LogP contribution in [0.5, 0.6) is 0 Å². The van der Waals surface area contributed by atoms with Gasteiger partial charge in [0.05, 0.1) is 16.1 Å². The minimum atomic E-state index is -0.602. The van der Waals surface area contributed by atoms with Gasteiger partial charge in [0.2, 0.25) is 0 Å². The van der Waals surface area contributed by atoms with Gasteiger partial charge in [-0.05, 0) is 43.7 Å². The Hall–Kier alpha value is -3.55. The molecule has 132 valence electrons. The number of nitrogens with zero attached hydrogens (tertiary/aromatic N) is 2. The van der Waals surface area contributed by atoms with Gasteiger partial charge in [0.1, 0.15) is 5.69 Å². The fourth-order valence-electron chi connectivity index (χ4n) is 2.81. The van der Waals surface area contributed by atoms with E-state index in [-0.39, 0.29) is 34.6 Å². The van der Waals surface area contributed by atoms with E-state index in [9.17, 15) is 24.5 Å². The van der Waals surface area contributed by atoms with Crippen LogP contribution in [-0.4, -0.2) is 34.1 Å². The number of carbonyl (C=O) groups is 3. The Bertz CT molecular complexity index is 967. The van der Waals surface area contributed by atoms with Crippen molar-refractivity contribution in [1.29, 1.82) is 0 Å².